The second-order valence-corrected chi connectivity index (χ2v) is 5.29. The summed E-state index contributed by atoms with van der Waals surface area (Å²) < 4.78 is 0.422. The smallest absolute Gasteiger partial charge is 0.254 e. The molecular formula is C13H18N2O2S. The average Bonchev–Trinajstić information content (AvgIpc) is 2.38. The molecule has 1 aliphatic carbocycles. The first-order valence-electron chi connectivity index (χ1n) is 6.29. The van der Waals surface area contributed by atoms with Gasteiger partial charge in [0.1, 0.15) is 4.64 Å². The van der Waals surface area contributed by atoms with Crippen LogP contribution in [0.3, 0.4) is 0 Å². The standard InChI is InChI=1S/C13H18N2O2S/c16-11(10-5-4-8-14-12(10)18)15-9-13(17)6-2-1-3-7-13/h4-5,8,17H,1-3,6-7,9H2,(H,14,18)(H,15,16). The van der Waals surface area contributed by atoms with Crippen LogP contribution >= 0.6 is 12.2 Å². The average molecular weight is 266 g/mol. The normalized spacial score (nSPS) is 18.3. The second kappa shape index (κ2) is 5.63. The Morgan fingerprint density at radius 3 is 2.83 bits per heavy atom. The van der Waals surface area contributed by atoms with E-state index < -0.39 is 5.60 Å². The summed E-state index contributed by atoms with van der Waals surface area (Å²) in [5.41, 5.74) is -0.291. The van der Waals surface area contributed by atoms with Gasteiger partial charge in [-0.3, -0.25) is 4.79 Å². The van der Waals surface area contributed by atoms with E-state index in [-0.39, 0.29) is 5.91 Å². The van der Waals surface area contributed by atoms with Crippen molar-refractivity contribution < 1.29 is 9.90 Å². The largest absolute Gasteiger partial charge is 0.388 e. The number of carbonyl (C=O) groups excluding carboxylic acids is 1. The second-order valence-electron chi connectivity index (χ2n) is 4.88. The first-order chi connectivity index (χ1) is 8.61. The molecule has 1 aliphatic rings. The van der Waals surface area contributed by atoms with Gasteiger partial charge in [0.15, 0.2) is 0 Å². The third kappa shape index (κ3) is 3.17. The summed E-state index contributed by atoms with van der Waals surface area (Å²) in [7, 11) is 0. The van der Waals surface area contributed by atoms with Crippen molar-refractivity contribution in [2.45, 2.75) is 37.7 Å². The Hall–Kier alpha value is -1.20. The van der Waals surface area contributed by atoms with Gasteiger partial charge in [-0.1, -0.05) is 31.5 Å². The Labute approximate surface area is 111 Å². The Kier molecular flexibility index (Phi) is 4.14. The Morgan fingerprint density at radius 2 is 2.17 bits per heavy atom. The molecule has 0 radical (unpaired) electrons. The summed E-state index contributed by atoms with van der Waals surface area (Å²) in [4.78, 5) is 14.8. The van der Waals surface area contributed by atoms with Gasteiger partial charge in [-0.15, -0.1) is 0 Å². The molecule has 2 rings (SSSR count). The first kappa shape index (κ1) is 13.2. The van der Waals surface area contributed by atoms with Crippen molar-refractivity contribution in [2.75, 3.05) is 6.54 Å². The van der Waals surface area contributed by atoms with Gasteiger partial charge in [-0.2, -0.15) is 0 Å². The molecule has 0 bridgehead atoms. The molecule has 98 valence electrons. The Balaban J connectivity index is 1.96. The molecule has 1 aromatic heterocycles. The van der Waals surface area contributed by atoms with Gasteiger partial charge in [-0.25, -0.2) is 0 Å². The van der Waals surface area contributed by atoms with Crippen LogP contribution in [-0.4, -0.2) is 28.1 Å². The van der Waals surface area contributed by atoms with Crippen LogP contribution in [0.1, 0.15) is 42.5 Å². The fourth-order valence-corrected chi connectivity index (χ4v) is 2.56. The van der Waals surface area contributed by atoms with Crippen LogP contribution in [0.15, 0.2) is 18.3 Å². The van der Waals surface area contributed by atoms with E-state index in [1.54, 1.807) is 18.3 Å². The zero-order valence-electron chi connectivity index (χ0n) is 10.2. The number of amides is 1. The molecular weight excluding hydrogens is 248 g/mol. The van der Waals surface area contributed by atoms with Crippen LogP contribution in [0.5, 0.6) is 0 Å². The van der Waals surface area contributed by atoms with Crippen LogP contribution in [-0.2, 0) is 0 Å². The SMILES string of the molecule is O=C(NCC1(O)CCCCC1)c1ccc[nH]c1=S. The van der Waals surface area contributed by atoms with Crippen LogP contribution in [0, 0.1) is 4.64 Å². The summed E-state index contributed by atoms with van der Waals surface area (Å²) in [6, 6.07) is 3.42. The van der Waals surface area contributed by atoms with E-state index in [0.29, 0.717) is 16.7 Å². The number of nitrogens with one attached hydrogen (secondary N) is 2. The fraction of sp³-hybridized carbons (Fsp3) is 0.538. The van der Waals surface area contributed by atoms with Crippen LogP contribution in [0.4, 0.5) is 0 Å². The number of hydrogen-bond donors (Lipinski definition) is 3. The molecule has 1 saturated carbocycles. The highest BCUT2D eigenvalue weighted by atomic mass is 32.1. The van der Waals surface area contributed by atoms with E-state index in [2.05, 4.69) is 10.3 Å². The van der Waals surface area contributed by atoms with E-state index >= 15 is 0 Å². The highest BCUT2D eigenvalue weighted by Gasteiger charge is 2.29. The van der Waals surface area contributed by atoms with Gasteiger partial charge in [0, 0.05) is 12.7 Å². The molecule has 1 heterocycles. The number of hydrogen-bond acceptors (Lipinski definition) is 3. The first-order valence-corrected chi connectivity index (χ1v) is 6.70. The molecule has 5 heteroatoms. The van der Waals surface area contributed by atoms with E-state index in [0.717, 1.165) is 25.7 Å². The molecule has 1 amide bonds. The predicted molar refractivity (Wildman–Crippen MR) is 72.0 cm³/mol. The zero-order chi connectivity index (χ0) is 13.0. The monoisotopic (exact) mass is 266 g/mol. The molecule has 0 aromatic carbocycles. The van der Waals surface area contributed by atoms with Crippen LogP contribution in [0.2, 0.25) is 0 Å². The molecule has 0 aliphatic heterocycles. The number of H-pyrrole nitrogens is 1. The van der Waals surface area contributed by atoms with Gasteiger partial charge in [-0.05, 0) is 25.0 Å². The van der Waals surface area contributed by atoms with Crippen LogP contribution < -0.4 is 5.32 Å². The molecule has 1 fully saturated rings. The summed E-state index contributed by atoms with van der Waals surface area (Å²) >= 11 is 5.05. The molecule has 4 nitrogen and oxygen atoms in total. The maximum absolute atomic E-state index is 11.9. The van der Waals surface area contributed by atoms with Gasteiger partial charge in [0.25, 0.3) is 5.91 Å². The summed E-state index contributed by atoms with van der Waals surface area (Å²) in [6.45, 7) is 0.301. The lowest BCUT2D eigenvalue weighted by Crippen LogP contribution is -2.44. The molecule has 0 unspecified atom stereocenters. The van der Waals surface area contributed by atoms with Gasteiger partial charge < -0.3 is 15.4 Å². The van der Waals surface area contributed by atoms with Crippen molar-refractivity contribution >= 4 is 18.1 Å². The molecule has 1 aromatic rings. The third-order valence-corrected chi connectivity index (χ3v) is 3.76. The number of aromatic nitrogens is 1. The maximum atomic E-state index is 11.9. The predicted octanol–water partition coefficient (Wildman–Crippen LogP) is 2.17. The van der Waals surface area contributed by atoms with Gasteiger partial charge >= 0.3 is 0 Å². The minimum absolute atomic E-state index is 0.226. The quantitative estimate of drug-likeness (QED) is 0.735. The molecule has 0 saturated heterocycles. The van der Waals surface area contributed by atoms with E-state index in [4.69, 9.17) is 12.2 Å². The van der Waals surface area contributed by atoms with Crippen molar-refractivity contribution in [3.8, 4) is 0 Å². The molecule has 0 atom stereocenters. The lowest BCUT2D eigenvalue weighted by atomic mass is 9.85. The Morgan fingerprint density at radius 1 is 1.44 bits per heavy atom. The van der Waals surface area contributed by atoms with Crippen molar-refractivity contribution in [1.82, 2.24) is 10.3 Å². The fourth-order valence-electron chi connectivity index (χ4n) is 2.33. The number of pyridine rings is 1. The van der Waals surface area contributed by atoms with Crippen molar-refractivity contribution in [3.05, 3.63) is 28.5 Å². The Bertz CT molecular complexity index is 478. The summed E-state index contributed by atoms with van der Waals surface area (Å²) in [6.07, 6.45) is 6.42. The van der Waals surface area contributed by atoms with E-state index in [1.807, 2.05) is 0 Å². The number of aliphatic hydroxyl groups is 1. The van der Waals surface area contributed by atoms with E-state index in [9.17, 15) is 9.90 Å². The van der Waals surface area contributed by atoms with E-state index in [1.165, 1.54) is 6.42 Å². The van der Waals surface area contributed by atoms with Crippen molar-refractivity contribution in [2.24, 2.45) is 0 Å². The number of rotatable bonds is 3. The molecule has 18 heavy (non-hydrogen) atoms. The van der Waals surface area contributed by atoms with Gasteiger partial charge in [0.05, 0.1) is 11.2 Å². The van der Waals surface area contributed by atoms with Crippen molar-refractivity contribution in [1.29, 1.82) is 0 Å². The topological polar surface area (TPSA) is 65.1 Å². The van der Waals surface area contributed by atoms with Crippen LogP contribution in [0.25, 0.3) is 0 Å². The number of aromatic amines is 1. The molecule has 0 spiro atoms. The van der Waals surface area contributed by atoms with Crippen molar-refractivity contribution in [3.63, 3.8) is 0 Å². The molecule has 3 N–H and O–H groups in total. The summed E-state index contributed by atoms with van der Waals surface area (Å²) in [5, 5.41) is 13.1. The highest BCUT2D eigenvalue weighted by Crippen LogP contribution is 2.27. The lowest BCUT2D eigenvalue weighted by Gasteiger charge is -2.32. The third-order valence-electron chi connectivity index (χ3n) is 3.43. The van der Waals surface area contributed by atoms with Gasteiger partial charge in [0.2, 0.25) is 0 Å². The maximum Gasteiger partial charge on any atom is 0.254 e. The summed E-state index contributed by atoms with van der Waals surface area (Å²) in [5.74, 6) is -0.226. The highest BCUT2D eigenvalue weighted by molar-refractivity contribution is 7.71. The number of carbonyl (C=O) groups is 1. The lowest BCUT2D eigenvalue weighted by molar-refractivity contribution is 0.00525. The zero-order valence-corrected chi connectivity index (χ0v) is 11.1. The minimum Gasteiger partial charge on any atom is -0.388 e. The minimum atomic E-state index is -0.742.